The Hall–Kier alpha value is -2.15. The minimum absolute atomic E-state index is 0.0902. The lowest BCUT2D eigenvalue weighted by Crippen LogP contribution is -2.38. The van der Waals surface area contributed by atoms with Crippen LogP contribution in [0.15, 0.2) is 12.2 Å². The van der Waals surface area contributed by atoms with Crippen LogP contribution >= 0.6 is 11.3 Å². The summed E-state index contributed by atoms with van der Waals surface area (Å²) in [6.45, 7) is 2.22. The molecule has 3 aliphatic carbocycles. The van der Waals surface area contributed by atoms with Crippen molar-refractivity contribution in [3.05, 3.63) is 28.2 Å². The van der Waals surface area contributed by atoms with Crippen LogP contribution < -0.4 is 10.6 Å². The highest BCUT2D eigenvalue weighted by atomic mass is 32.1. The Morgan fingerprint density at radius 1 is 1.03 bits per heavy atom. The van der Waals surface area contributed by atoms with Crippen molar-refractivity contribution in [3.8, 4) is 0 Å². The largest absolute Gasteiger partial charge is 0.481 e. The van der Waals surface area contributed by atoms with Crippen LogP contribution in [0.3, 0.4) is 0 Å². The van der Waals surface area contributed by atoms with Crippen molar-refractivity contribution in [2.75, 3.05) is 5.32 Å². The molecular formula is C24H32N2O4S. The van der Waals surface area contributed by atoms with Crippen LogP contribution in [0, 0.1) is 17.8 Å². The molecule has 0 aliphatic heterocycles. The van der Waals surface area contributed by atoms with Crippen molar-refractivity contribution in [1.82, 2.24) is 5.32 Å². The fourth-order valence-corrected chi connectivity index (χ4v) is 6.58. The molecule has 2 amide bonds. The van der Waals surface area contributed by atoms with Gasteiger partial charge < -0.3 is 15.7 Å². The molecule has 7 heteroatoms. The SMILES string of the molecule is C[C@@H]1CCc2c(sc(NC(=O)[C@H]3CC=CC[C@@H]3C(=O)O)c2C(=O)NC2CCCCC2)C1. The van der Waals surface area contributed by atoms with Gasteiger partial charge in [0.05, 0.1) is 17.4 Å². The van der Waals surface area contributed by atoms with E-state index < -0.39 is 17.8 Å². The van der Waals surface area contributed by atoms with Crippen molar-refractivity contribution in [2.45, 2.75) is 77.2 Å². The number of carboxylic acids is 1. The van der Waals surface area contributed by atoms with Crippen LogP contribution in [0.2, 0.25) is 0 Å². The Bertz CT molecular complexity index is 884. The summed E-state index contributed by atoms with van der Waals surface area (Å²) in [6, 6.07) is 0.197. The van der Waals surface area contributed by atoms with Gasteiger partial charge in [0.2, 0.25) is 5.91 Å². The van der Waals surface area contributed by atoms with Gasteiger partial charge in [0.15, 0.2) is 0 Å². The number of amides is 2. The maximum atomic E-state index is 13.3. The van der Waals surface area contributed by atoms with E-state index in [0.717, 1.165) is 50.5 Å². The molecule has 1 fully saturated rings. The van der Waals surface area contributed by atoms with Crippen molar-refractivity contribution < 1.29 is 19.5 Å². The standard InChI is InChI=1S/C24H32N2O4S/c1-14-11-12-18-19(13-14)31-23(20(18)22(28)25-15-7-3-2-4-8-15)26-21(27)16-9-5-6-10-17(16)24(29)30/h5-6,14-17H,2-4,7-13H2,1H3,(H,25,28)(H,26,27)(H,29,30)/t14-,16+,17+/m1/s1. The highest BCUT2D eigenvalue weighted by molar-refractivity contribution is 7.17. The summed E-state index contributed by atoms with van der Waals surface area (Å²) >= 11 is 1.50. The van der Waals surface area contributed by atoms with E-state index in [0.29, 0.717) is 29.3 Å². The zero-order chi connectivity index (χ0) is 22.0. The molecule has 1 saturated carbocycles. The van der Waals surface area contributed by atoms with Crippen LogP contribution in [0.5, 0.6) is 0 Å². The molecule has 3 aliphatic rings. The number of hydrogen-bond acceptors (Lipinski definition) is 4. The molecule has 1 heterocycles. The first-order valence-electron chi connectivity index (χ1n) is 11.6. The Morgan fingerprint density at radius 3 is 2.45 bits per heavy atom. The van der Waals surface area contributed by atoms with E-state index in [9.17, 15) is 19.5 Å². The van der Waals surface area contributed by atoms with Gasteiger partial charge in [-0.15, -0.1) is 11.3 Å². The summed E-state index contributed by atoms with van der Waals surface area (Å²) in [6.07, 6.45) is 12.8. The highest BCUT2D eigenvalue weighted by Crippen LogP contribution is 2.40. The smallest absolute Gasteiger partial charge is 0.307 e. The third-order valence-electron chi connectivity index (χ3n) is 7.00. The minimum atomic E-state index is -0.945. The number of rotatable bonds is 5. The van der Waals surface area contributed by atoms with Gasteiger partial charge in [-0.1, -0.05) is 38.3 Å². The maximum absolute atomic E-state index is 13.3. The average Bonchev–Trinajstić information content (AvgIpc) is 3.11. The zero-order valence-corrected chi connectivity index (χ0v) is 18.9. The number of carbonyl (C=O) groups is 3. The van der Waals surface area contributed by atoms with Crippen LogP contribution in [0.4, 0.5) is 5.00 Å². The molecule has 4 rings (SSSR count). The predicted molar refractivity (Wildman–Crippen MR) is 121 cm³/mol. The second kappa shape index (κ2) is 9.55. The van der Waals surface area contributed by atoms with E-state index in [1.54, 1.807) is 0 Å². The molecular weight excluding hydrogens is 412 g/mol. The van der Waals surface area contributed by atoms with E-state index in [4.69, 9.17) is 0 Å². The Kier molecular flexibility index (Phi) is 6.80. The Morgan fingerprint density at radius 2 is 1.74 bits per heavy atom. The van der Waals surface area contributed by atoms with Gasteiger partial charge in [-0.2, -0.15) is 0 Å². The number of aliphatic carboxylic acids is 1. The average molecular weight is 445 g/mol. The topological polar surface area (TPSA) is 95.5 Å². The Labute approximate surface area is 187 Å². The van der Waals surface area contributed by atoms with Crippen molar-refractivity contribution in [2.24, 2.45) is 17.8 Å². The molecule has 31 heavy (non-hydrogen) atoms. The summed E-state index contributed by atoms with van der Waals surface area (Å²) in [5, 5.41) is 16.3. The summed E-state index contributed by atoms with van der Waals surface area (Å²) in [7, 11) is 0. The number of anilines is 1. The van der Waals surface area contributed by atoms with Crippen LogP contribution in [-0.2, 0) is 22.4 Å². The summed E-state index contributed by atoms with van der Waals surface area (Å²) < 4.78 is 0. The van der Waals surface area contributed by atoms with Gasteiger partial charge in [-0.3, -0.25) is 14.4 Å². The molecule has 0 unspecified atom stereocenters. The monoisotopic (exact) mass is 444 g/mol. The molecule has 0 bridgehead atoms. The fraction of sp³-hybridized carbons (Fsp3) is 0.625. The third-order valence-corrected chi connectivity index (χ3v) is 8.17. The predicted octanol–water partition coefficient (Wildman–Crippen LogP) is 4.54. The molecule has 1 aromatic heterocycles. The van der Waals surface area contributed by atoms with Crippen LogP contribution in [0.1, 0.15) is 79.1 Å². The lowest BCUT2D eigenvalue weighted by Gasteiger charge is -2.25. The normalized spacial score (nSPS) is 26.2. The first kappa shape index (κ1) is 22.1. The van der Waals surface area contributed by atoms with E-state index in [2.05, 4.69) is 17.6 Å². The van der Waals surface area contributed by atoms with Gasteiger partial charge in [0.1, 0.15) is 5.00 Å². The molecule has 0 saturated heterocycles. The van der Waals surface area contributed by atoms with Gasteiger partial charge in [0.25, 0.3) is 5.91 Å². The number of hydrogen-bond donors (Lipinski definition) is 3. The minimum Gasteiger partial charge on any atom is -0.481 e. The summed E-state index contributed by atoms with van der Waals surface area (Å²) in [5.41, 5.74) is 1.69. The van der Waals surface area contributed by atoms with Crippen molar-refractivity contribution in [1.29, 1.82) is 0 Å². The number of carbonyl (C=O) groups excluding carboxylic acids is 2. The third kappa shape index (κ3) is 4.86. The van der Waals surface area contributed by atoms with E-state index in [1.807, 2.05) is 12.2 Å². The highest BCUT2D eigenvalue weighted by Gasteiger charge is 2.36. The van der Waals surface area contributed by atoms with Gasteiger partial charge >= 0.3 is 5.97 Å². The number of fused-ring (bicyclic) bond motifs is 1. The van der Waals surface area contributed by atoms with Crippen LogP contribution in [-0.4, -0.2) is 28.9 Å². The summed E-state index contributed by atoms with van der Waals surface area (Å²) in [4.78, 5) is 39.2. The van der Waals surface area contributed by atoms with Gasteiger partial charge in [0, 0.05) is 10.9 Å². The van der Waals surface area contributed by atoms with E-state index in [-0.39, 0.29) is 17.9 Å². The lowest BCUT2D eigenvalue weighted by atomic mass is 9.82. The van der Waals surface area contributed by atoms with Gasteiger partial charge in [-0.05, 0) is 56.4 Å². The van der Waals surface area contributed by atoms with Gasteiger partial charge in [-0.25, -0.2) is 0 Å². The second-order valence-electron chi connectivity index (χ2n) is 9.35. The molecule has 168 valence electrons. The molecule has 0 radical (unpaired) electrons. The fourth-order valence-electron chi connectivity index (χ4n) is 5.17. The number of nitrogens with one attached hydrogen (secondary N) is 2. The first-order chi connectivity index (χ1) is 14.9. The first-order valence-corrected chi connectivity index (χ1v) is 12.4. The lowest BCUT2D eigenvalue weighted by molar-refractivity contribution is -0.146. The molecule has 1 aromatic rings. The van der Waals surface area contributed by atoms with Crippen LogP contribution in [0.25, 0.3) is 0 Å². The van der Waals surface area contributed by atoms with E-state index >= 15 is 0 Å². The molecule has 3 atom stereocenters. The van der Waals surface area contributed by atoms with Crippen molar-refractivity contribution >= 4 is 34.1 Å². The zero-order valence-electron chi connectivity index (χ0n) is 18.1. The van der Waals surface area contributed by atoms with Crippen molar-refractivity contribution in [3.63, 3.8) is 0 Å². The molecule has 6 nitrogen and oxygen atoms in total. The molecule has 0 spiro atoms. The second-order valence-corrected chi connectivity index (χ2v) is 10.5. The quantitative estimate of drug-likeness (QED) is 0.581. The Balaban J connectivity index is 1.59. The number of allylic oxidation sites excluding steroid dienone is 2. The summed E-state index contributed by atoms with van der Waals surface area (Å²) in [5.74, 6) is -2.11. The maximum Gasteiger partial charge on any atom is 0.307 e. The molecule has 0 aromatic carbocycles. The number of thiophene rings is 1. The van der Waals surface area contributed by atoms with E-state index in [1.165, 1.54) is 22.6 Å². The molecule has 3 N–H and O–H groups in total. The number of carboxylic acid groups (broad SMARTS) is 1.